The van der Waals surface area contributed by atoms with Crippen LogP contribution in [0.4, 0.5) is 0 Å². The van der Waals surface area contributed by atoms with E-state index >= 15 is 0 Å². The van der Waals surface area contributed by atoms with E-state index < -0.39 is 10.1 Å². The van der Waals surface area contributed by atoms with Gasteiger partial charge in [-0.2, -0.15) is 8.42 Å². The summed E-state index contributed by atoms with van der Waals surface area (Å²) in [4.78, 5) is 11.5. The van der Waals surface area contributed by atoms with E-state index in [2.05, 4.69) is 0 Å². The van der Waals surface area contributed by atoms with Gasteiger partial charge in [-0.3, -0.25) is 8.98 Å². The van der Waals surface area contributed by atoms with E-state index in [0.717, 1.165) is 30.2 Å². The van der Waals surface area contributed by atoms with Gasteiger partial charge in [0.1, 0.15) is 0 Å². The van der Waals surface area contributed by atoms with Crippen LogP contribution in [0.5, 0.6) is 0 Å². The van der Waals surface area contributed by atoms with Crippen molar-refractivity contribution >= 4 is 16.1 Å². The summed E-state index contributed by atoms with van der Waals surface area (Å²) in [7, 11) is -3.42. The molecular formula is C15H20O5S. The minimum absolute atomic E-state index is 0.0665. The average molecular weight is 312 g/mol. The highest BCUT2D eigenvalue weighted by molar-refractivity contribution is 7.85. The van der Waals surface area contributed by atoms with Crippen molar-refractivity contribution in [3.8, 4) is 0 Å². The van der Waals surface area contributed by atoms with Gasteiger partial charge in [-0.25, -0.2) is 0 Å². The van der Waals surface area contributed by atoms with Crippen molar-refractivity contribution in [2.75, 3.05) is 19.5 Å². The van der Waals surface area contributed by atoms with Crippen LogP contribution in [0.1, 0.15) is 36.0 Å². The van der Waals surface area contributed by atoms with Crippen molar-refractivity contribution in [2.45, 2.75) is 32.1 Å². The van der Waals surface area contributed by atoms with E-state index in [1.807, 2.05) is 18.2 Å². The second-order valence-corrected chi connectivity index (χ2v) is 6.88. The van der Waals surface area contributed by atoms with Gasteiger partial charge in [0.05, 0.1) is 25.9 Å². The molecule has 0 spiro atoms. The van der Waals surface area contributed by atoms with Crippen LogP contribution in [-0.4, -0.2) is 33.9 Å². The fourth-order valence-electron chi connectivity index (χ4n) is 2.60. The van der Waals surface area contributed by atoms with E-state index in [1.165, 1.54) is 5.56 Å². The summed E-state index contributed by atoms with van der Waals surface area (Å²) in [5, 5.41) is 0. The minimum atomic E-state index is -3.42. The first-order chi connectivity index (χ1) is 9.89. The molecule has 0 amide bonds. The number of rotatable bonds is 6. The Morgan fingerprint density at radius 1 is 1.38 bits per heavy atom. The van der Waals surface area contributed by atoms with E-state index in [9.17, 15) is 13.2 Å². The summed E-state index contributed by atoms with van der Waals surface area (Å²) in [6.45, 7) is 2.31. The first-order valence-electron chi connectivity index (χ1n) is 7.00. The number of carbonyl (C=O) groups is 1. The van der Waals surface area contributed by atoms with Crippen molar-refractivity contribution in [1.29, 1.82) is 0 Å². The zero-order valence-corrected chi connectivity index (χ0v) is 13.1. The number of fused-ring (bicyclic) bond motifs is 1. The summed E-state index contributed by atoms with van der Waals surface area (Å²) in [5.41, 5.74) is 3.17. The van der Waals surface area contributed by atoms with E-state index in [-0.39, 0.29) is 24.9 Å². The Labute approximate surface area is 125 Å². The van der Waals surface area contributed by atoms with Crippen LogP contribution in [0.2, 0.25) is 0 Å². The fraction of sp³-hybridized carbons (Fsp3) is 0.533. The Hall–Kier alpha value is -1.40. The molecule has 0 radical (unpaired) electrons. The minimum Gasteiger partial charge on any atom is -0.466 e. The van der Waals surface area contributed by atoms with Gasteiger partial charge in [-0.05, 0) is 36.5 Å². The number of carbonyl (C=O) groups excluding carboxylic acids is 1. The zero-order valence-electron chi connectivity index (χ0n) is 12.3. The average Bonchev–Trinajstić information content (AvgIpc) is 2.78. The first kappa shape index (κ1) is 16.0. The van der Waals surface area contributed by atoms with Crippen molar-refractivity contribution in [3.63, 3.8) is 0 Å². The molecule has 1 aliphatic carbocycles. The van der Waals surface area contributed by atoms with E-state index in [0.29, 0.717) is 6.61 Å². The Kier molecular flexibility index (Phi) is 5.00. The van der Waals surface area contributed by atoms with Crippen molar-refractivity contribution in [2.24, 2.45) is 0 Å². The van der Waals surface area contributed by atoms with Crippen molar-refractivity contribution in [1.82, 2.24) is 0 Å². The molecular weight excluding hydrogens is 292 g/mol. The summed E-state index contributed by atoms with van der Waals surface area (Å²) in [5.74, 6) is -0.184. The predicted molar refractivity (Wildman–Crippen MR) is 78.6 cm³/mol. The Bertz CT molecular complexity index is 621. The largest absolute Gasteiger partial charge is 0.466 e. The van der Waals surface area contributed by atoms with Crippen LogP contribution in [-0.2, 0) is 36.7 Å². The molecule has 6 heteroatoms. The highest BCUT2D eigenvalue weighted by Crippen LogP contribution is 2.34. The van der Waals surface area contributed by atoms with Gasteiger partial charge >= 0.3 is 5.97 Å². The Morgan fingerprint density at radius 2 is 2.14 bits per heavy atom. The molecule has 0 saturated carbocycles. The lowest BCUT2D eigenvalue weighted by molar-refractivity contribution is -0.142. The third kappa shape index (κ3) is 4.54. The maximum atomic E-state index is 11.5. The quantitative estimate of drug-likeness (QED) is 0.592. The molecule has 1 unspecified atom stereocenters. The van der Waals surface area contributed by atoms with Gasteiger partial charge in [-0.1, -0.05) is 18.2 Å². The molecule has 0 aliphatic heterocycles. The van der Waals surface area contributed by atoms with Crippen molar-refractivity contribution in [3.05, 3.63) is 34.9 Å². The van der Waals surface area contributed by atoms with Crippen LogP contribution in [0, 0.1) is 0 Å². The zero-order chi connectivity index (χ0) is 15.5. The summed E-state index contributed by atoms with van der Waals surface area (Å²) in [6, 6.07) is 5.90. The summed E-state index contributed by atoms with van der Waals surface area (Å²) in [6.07, 6.45) is 3.07. The van der Waals surface area contributed by atoms with Crippen LogP contribution in [0.15, 0.2) is 18.2 Å². The van der Waals surface area contributed by atoms with Gasteiger partial charge in [-0.15, -0.1) is 0 Å². The molecule has 1 aromatic rings. The van der Waals surface area contributed by atoms with Gasteiger partial charge in [0, 0.05) is 5.92 Å². The SMILES string of the molecule is CCOC(=O)Cc1ccc2c(c1)C(COS(C)(=O)=O)CC2. The van der Waals surface area contributed by atoms with Gasteiger partial charge in [0.2, 0.25) is 0 Å². The molecule has 0 N–H and O–H groups in total. The van der Waals surface area contributed by atoms with Crippen LogP contribution in [0.3, 0.4) is 0 Å². The summed E-state index contributed by atoms with van der Waals surface area (Å²) >= 11 is 0. The lowest BCUT2D eigenvalue weighted by atomic mass is 9.99. The molecule has 0 fully saturated rings. The lowest BCUT2D eigenvalue weighted by Gasteiger charge is -2.12. The fourth-order valence-corrected chi connectivity index (χ4v) is 3.02. The Balaban J connectivity index is 2.09. The molecule has 1 atom stereocenters. The third-order valence-electron chi connectivity index (χ3n) is 3.55. The smallest absolute Gasteiger partial charge is 0.310 e. The second-order valence-electron chi connectivity index (χ2n) is 5.24. The molecule has 116 valence electrons. The number of ether oxygens (including phenoxy) is 1. The third-order valence-corrected chi connectivity index (χ3v) is 4.11. The van der Waals surface area contributed by atoms with Gasteiger partial charge in [0.25, 0.3) is 10.1 Å². The molecule has 1 aliphatic rings. The molecule has 21 heavy (non-hydrogen) atoms. The van der Waals surface area contributed by atoms with Crippen LogP contribution < -0.4 is 0 Å². The normalized spacial score (nSPS) is 17.5. The Morgan fingerprint density at radius 3 is 2.81 bits per heavy atom. The van der Waals surface area contributed by atoms with Crippen LogP contribution >= 0.6 is 0 Å². The number of hydrogen-bond donors (Lipinski definition) is 0. The molecule has 0 aromatic heterocycles. The van der Waals surface area contributed by atoms with E-state index in [1.54, 1.807) is 6.92 Å². The number of benzene rings is 1. The highest BCUT2D eigenvalue weighted by atomic mass is 32.2. The number of esters is 1. The highest BCUT2D eigenvalue weighted by Gasteiger charge is 2.24. The topological polar surface area (TPSA) is 69.7 Å². The van der Waals surface area contributed by atoms with Crippen LogP contribution in [0.25, 0.3) is 0 Å². The first-order valence-corrected chi connectivity index (χ1v) is 8.82. The van der Waals surface area contributed by atoms with Crippen molar-refractivity contribution < 1.29 is 22.1 Å². The molecule has 0 bridgehead atoms. The van der Waals surface area contributed by atoms with E-state index in [4.69, 9.17) is 8.92 Å². The number of hydrogen-bond acceptors (Lipinski definition) is 5. The molecule has 0 saturated heterocycles. The summed E-state index contributed by atoms with van der Waals surface area (Å²) < 4.78 is 32.1. The second kappa shape index (κ2) is 6.58. The van der Waals surface area contributed by atoms with Gasteiger partial charge in [0.15, 0.2) is 0 Å². The maximum Gasteiger partial charge on any atom is 0.310 e. The monoisotopic (exact) mass is 312 g/mol. The molecule has 0 heterocycles. The standard InChI is InChI=1S/C15H20O5S/c1-3-19-15(16)9-11-4-5-12-6-7-13(14(12)8-11)10-20-21(2,17)18/h4-5,8,13H,3,6-7,9-10H2,1-2H3. The predicted octanol–water partition coefficient (Wildman–Crippen LogP) is 1.80. The van der Waals surface area contributed by atoms with Gasteiger partial charge < -0.3 is 4.74 Å². The number of aryl methyl sites for hydroxylation is 1. The lowest BCUT2D eigenvalue weighted by Crippen LogP contribution is -2.11. The maximum absolute atomic E-state index is 11.5. The molecule has 1 aromatic carbocycles. The molecule has 5 nitrogen and oxygen atoms in total. The molecule has 2 rings (SSSR count).